The molecule has 22 heavy (non-hydrogen) atoms. The summed E-state index contributed by atoms with van der Waals surface area (Å²) < 4.78 is 18.9. The van der Waals surface area contributed by atoms with Gasteiger partial charge in [-0.15, -0.1) is 0 Å². The molecular weight excluding hydrogens is 283 g/mol. The van der Waals surface area contributed by atoms with Crippen molar-refractivity contribution in [1.82, 2.24) is 10.1 Å². The Kier molecular flexibility index (Phi) is 4.96. The van der Waals surface area contributed by atoms with E-state index in [4.69, 9.17) is 4.52 Å². The Hall–Kier alpha value is -2.17. The van der Waals surface area contributed by atoms with Crippen molar-refractivity contribution in [3.05, 3.63) is 52.7 Å². The largest absolute Gasteiger partial charge is 0.361 e. The number of nitrogens with zero attached hydrogens (tertiary/aromatic N) is 2. The lowest BCUT2D eigenvalue weighted by Gasteiger charge is -2.25. The first-order valence-corrected chi connectivity index (χ1v) is 7.33. The van der Waals surface area contributed by atoms with Crippen LogP contribution in [0.15, 0.2) is 28.8 Å². The molecule has 2 rings (SSSR count). The van der Waals surface area contributed by atoms with Crippen LogP contribution in [0, 0.1) is 19.7 Å². The maximum Gasteiger partial charge on any atom is 0.223 e. The summed E-state index contributed by atoms with van der Waals surface area (Å²) in [5, 5.41) is 3.88. The van der Waals surface area contributed by atoms with E-state index in [9.17, 15) is 9.18 Å². The highest BCUT2D eigenvalue weighted by molar-refractivity contribution is 5.76. The van der Waals surface area contributed by atoms with Crippen molar-refractivity contribution in [3.8, 4) is 0 Å². The fourth-order valence-corrected chi connectivity index (χ4v) is 2.51. The zero-order valence-corrected chi connectivity index (χ0v) is 13.4. The molecule has 118 valence electrons. The van der Waals surface area contributed by atoms with Crippen LogP contribution in [-0.4, -0.2) is 23.0 Å². The minimum absolute atomic E-state index is 0.0317. The lowest BCUT2D eigenvalue weighted by molar-refractivity contribution is -0.131. The van der Waals surface area contributed by atoms with Crippen molar-refractivity contribution < 1.29 is 13.7 Å². The average Bonchev–Trinajstić information content (AvgIpc) is 2.82. The van der Waals surface area contributed by atoms with E-state index in [-0.39, 0.29) is 17.8 Å². The van der Waals surface area contributed by atoms with E-state index < -0.39 is 0 Å². The van der Waals surface area contributed by atoms with Crippen molar-refractivity contribution >= 4 is 5.91 Å². The second kappa shape index (κ2) is 6.73. The molecule has 0 aliphatic carbocycles. The molecule has 2 aromatic rings. The number of aromatic nitrogens is 1. The number of carbonyl (C=O) groups excluding carboxylic acids is 1. The molecule has 1 heterocycles. The summed E-state index contributed by atoms with van der Waals surface area (Å²) in [6.07, 6.45) is 0.923. The molecular formula is C17H21FN2O2. The second-order valence-electron chi connectivity index (χ2n) is 5.50. The number of benzene rings is 1. The van der Waals surface area contributed by atoms with E-state index in [0.717, 1.165) is 17.0 Å². The van der Waals surface area contributed by atoms with Crippen molar-refractivity contribution in [3.63, 3.8) is 0 Å². The molecule has 1 amide bonds. The molecule has 1 unspecified atom stereocenters. The number of amides is 1. The van der Waals surface area contributed by atoms with Crippen LogP contribution in [-0.2, 0) is 11.2 Å². The van der Waals surface area contributed by atoms with Gasteiger partial charge in [0.1, 0.15) is 11.6 Å². The molecule has 1 aromatic carbocycles. The quantitative estimate of drug-likeness (QED) is 0.848. The number of hydrogen-bond donors (Lipinski definition) is 0. The molecule has 0 bridgehead atoms. The molecule has 0 radical (unpaired) electrons. The van der Waals surface area contributed by atoms with Crippen LogP contribution in [0.1, 0.15) is 42.0 Å². The van der Waals surface area contributed by atoms with Gasteiger partial charge >= 0.3 is 0 Å². The van der Waals surface area contributed by atoms with Gasteiger partial charge in [0.05, 0.1) is 11.7 Å². The Morgan fingerprint density at radius 3 is 2.64 bits per heavy atom. The third-order valence-corrected chi connectivity index (χ3v) is 4.10. The summed E-state index contributed by atoms with van der Waals surface area (Å²) in [4.78, 5) is 13.9. The Balaban J connectivity index is 2.02. The third-order valence-electron chi connectivity index (χ3n) is 4.10. The highest BCUT2D eigenvalue weighted by atomic mass is 19.1. The summed E-state index contributed by atoms with van der Waals surface area (Å²) in [6, 6.07) is 6.23. The van der Waals surface area contributed by atoms with Crippen LogP contribution in [0.3, 0.4) is 0 Å². The van der Waals surface area contributed by atoms with Gasteiger partial charge in [0.25, 0.3) is 0 Å². The van der Waals surface area contributed by atoms with E-state index in [1.807, 2.05) is 20.8 Å². The molecule has 0 fully saturated rings. The molecule has 0 spiro atoms. The zero-order valence-electron chi connectivity index (χ0n) is 13.4. The number of hydrogen-bond acceptors (Lipinski definition) is 3. The smallest absolute Gasteiger partial charge is 0.223 e. The average molecular weight is 304 g/mol. The van der Waals surface area contributed by atoms with Crippen LogP contribution in [0.4, 0.5) is 4.39 Å². The number of rotatable bonds is 5. The Labute approximate surface area is 129 Å². The molecule has 1 atom stereocenters. The van der Waals surface area contributed by atoms with Gasteiger partial charge in [-0.1, -0.05) is 23.4 Å². The van der Waals surface area contributed by atoms with Crippen molar-refractivity contribution in [2.24, 2.45) is 0 Å². The van der Waals surface area contributed by atoms with Crippen molar-refractivity contribution in [1.29, 1.82) is 0 Å². The minimum atomic E-state index is -0.307. The zero-order chi connectivity index (χ0) is 16.3. The van der Waals surface area contributed by atoms with Crippen molar-refractivity contribution in [2.75, 3.05) is 7.05 Å². The predicted molar refractivity (Wildman–Crippen MR) is 81.9 cm³/mol. The summed E-state index contributed by atoms with van der Waals surface area (Å²) in [5.41, 5.74) is 2.31. The predicted octanol–water partition coefficient (Wildman–Crippen LogP) is 3.58. The maximum absolute atomic E-state index is 13.8. The SMILES string of the molecule is Cc1noc(C)c1CCC(=O)N(C)C(C)c1ccccc1F. The lowest BCUT2D eigenvalue weighted by Crippen LogP contribution is -2.30. The summed E-state index contributed by atoms with van der Waals surface area (Å²) >= 11 is 0. The van der Waals surface area contributed by atoms with Gasteiger partial charge < -0.3 is 9.42 Å². The van der Waals surface area contributed by atoms with E-state index in [1.54, 1.807) is 30.1 Å². The van der Waals surface area contributed by atoms with E-state index in [0.29, 0.717) is 18.4 Å². The third kappa shape index (κ3) is 3.35. The molecule has 0 aliphatic rings. The summed E-state index contributed by atoms with van der Waals surface area (Å²) in [6.45, 7) is 5.53. The summed E-state index contributed by atoms with van der Waals surface area (Å²) in [7, 11) is 1.70. The molecule has 4 nitrogen and oxygen atoms in total. The Bertz CT molecular complexity index is 647. The molecule has 0 N–H and O–H groups in total. The van der Waals surface area contributed by atoms with Crippen LogP contribution in [0.2, 0.25) is 0 Å². The highest BCUT2D eigenvalue weighted by Crippen LogP contribution is 2.23. The van der Waals surface area contributed by atoms with Gasteiger partial charge in [-0.2, -0.15) is 0 Å². The second-order valence-corrected chi connectivity index (χ2v) is 5.50. The van der Waals surface area contributed by atoms with Crippen LogP contribution in [0.25, 0.3) is 0 Å². The van der Waals surface area contributed by atoms with Gasteiger partial charge in [-0.25, -0.2) is 4.39 Å². The highest BCUT2D eigenvalue weighted by Gasteiger charge is 2.20. The number of aryl methyl sites for hydroxylation is 2. The topological polar surface area (TPSA) is 46.3 Å². The first kappa shape index (κ1) is 16.2. The summed E-state index contributed by atoms with van der Waals surface area (Å²) in [5.74, 6) is 0.422. The fourth-order valence-electron chi connectivity index (χ4n) is 2.51. The molecule has 1 aromatic heterocycles. The van der Waals surface area contributed by atoms with Crippen LogP contribution < -0.4 is 0 Å². The van der Waals surface area contributed by atoms with Gasteiger partial charge in [0.2, 0.25) is 5.91 Å². The number of carbonyl (C=O) groups is 1. The lowest BCUT2D eigenvalue weighted by atomic mass is 10.0. The van der Waals surface area contributed by atoms with Crippen molar-refractivity contribution in [2.45, 2.75) is 39.7 Å². The monoisotopic (exact) mass is 304 g/mol. The molecule has 5 heteroatoms. The Morgan fingerprint density at radius 1 is 1.36 bits per heavy atom. The molecule has 0 aliphatic heterocycles. The van der Waals surface area contributed by atoms with Crippen LogP contribution in [0.5, 0.6) is 0 Å². The van der Waals surface area contributed by atoms with Gasteiger partial charge in [0.15, 0.2) is 0 Å². The van der Waals surface area contributed by atoms with E-state index in [1.165, 1.54) is 6.07 Å². The normalized spacial score (nSPS) is 12.2. The first-order valence-electron chi connectivity index (χ1n) is 7.33. The minimum Gasteiger partial charge on any atom is -0.361 e. The van der Waals surface area contributed by atoms with Gasteiger partial charge in [0, 0.05) is 24.6 Å². The van der Waals surface area contributed by atoms with Gasteiger partial charge in [-0.3, -0.25) is 4.79 Å². The Morgan fingerprint density at radius 2 is 2.05 bits per heavy atom. The molecule has 0 saturated carbocycles. The van der Waals surface area contributed by atoms with Crippen LogP contribution >= 0.6 is 0 Å². The first-order chi connectivity index (χ1) is 10.4. The number of halogens is 1. The standard InChI is InChI=1S/C17H21FN2O2/c1-11-14(13(3)22-19-11)9-10-17(21)20(4)12(2)15-7-5-6-8-16(15)18/h5-8,12H,9-10H2,1-4H3. The van der Waals surface area contributed by atoms with E-state index in [2.05, 4.69) is 5.16 Å². The fraction of sp³-hybridized carbons (Fsp3) is 0.412. The van der Waals surface area contributed by atoms with E-state index >= 15 is 0 Å². The van der Waals surface area contributed by atoms with Gasteiger partial charge in [-0.05, 0) is 33.3 Å². The maximum atomic E-state index is 13.8. The molecule has 0 saturated heterocycles.